The smallest absolute Gasteiger partial charge is 0.345 e. The fourth-order valence-corrected chi connectivity index (χ4v) is 4.80. The summed E-state index contributed by atoms with van der Waals surface area (Å²) in [6.07, 6.45) is 0. The molecule has 5 rings (SSSR count). The molecule has 0 bridgehead atoms. The monoisotopic (exact) mass is 586 g/mol. The molecule has 41 heavy (non-hydrogen) atoms. The molecule has 1 aliphatic heterocycles. The van der Waals surface area contributed by atoms with Gasteiger partial charge in [-0.25, -0.2) is 4.79 Å². The van der Waals surface area contributed by atoms with Crippen LogP contribution in [0.2, 0.25) is 10.0 Å². The molecule has 4 aromatic carbocycles. The summed E-state index contributed by atoms with van der Waals surface area (Å²) in [6, 6.07) is 26.6. The molecule has 0 aromatic heterocycles. The van der Waals surface area contributed by atoms with Gasteiger partial charge in [0.2, 0.25) is 5.88 Å². The summed E-state index contributed by atoms with van der Waals surface area (Å²) in [5, 5.41) is 10.9. The SMILES string of the molecule is CCOc1cc(C2C(C#N)=C(N)Oc3cc(OC(=O)c4ccccc4Cl)ccc32)ccc1OCc1ccc(Cl)cc1. The summed E-state index contributed by atoms with van der Waals surface area (Å²) in [5.41, 5.74) is 9.04. The van der Waals surface area contributed by atoms with Crippen molar-refractivity contribution in [3.05, 3.63) is 129 Å². The van der Waals surface area contributed by atoms with Gasteiger partial charge in [0.05, 0.1) is 23.1 Å². The maximum absolute atomic E-state index is 12.7. The number of nitrogens with zero attached hydrogens (tertiary/aromatic N) is 1. The normalized spacial score (nSPS) is 14.0. The van der Waals surface area contributed by atoms with Crippen LogP contribution in [-0.4, -0.2) is 12.6 Å². The summed E-state index contributed by atoms with van der Waals surface area (Å²) < 4.78 is 23.3. The second-order valence-electron chi connectivity index (χ2n) is 9.05. The molecule has 4 aromatic rings. The zero-order valence-corrected chi connectivity index (χ0v) is 23.4. The van der Waals surface area contributed by atoms with Crippen molar-refractivity contribution in [2.75, 3.05) is 6.61 Å². The first-order valence-electron chi connectivity index (χ1n) is 12.7. The molecule has 0 saturated heterocycles. The third-order valence-electron chi connectivity index (χ3n) is 6.40. The van der Waals surface area contributed by atoms with Gasteiger partial charge in [-0.1, -0.05) is 59.6 Å². The first-order valence-corrected chi connectivity index (χ1v) is 13.5. The molecule has 1 heterocycles. The predicted octanol–water partition coefficient (Wildman–Crippen LogP) is 7.41. The van der Waals surface area contributed by atoms with Crippen LogP contribution in [0.3, 0.4) is 0 Å². The lowest BCUT2D eigenvalue weighted by Crippen LogP contribution is -2.21. The second kappa shape index (κ2) is 12.3. The van der Waals surface area contributed by atoms with Crippen molar-refractivity contribution in [2.45, 2.75) is 19.4 Å². The first-order chi connectivity index (χ1) is 19.9. The summed E-state index contributed by atoms with van der Waals surface area (Å²) in [7, 11) is 0. The Kier molecular flexibility index (Phi) is 8.34. The molecule has 7 nitrogen and oxygen atoms in total. The molecule has 0 aliphatic carbocycles. The number of fused-ring (bicyclic) bond motifs is 1. The van der Waals surface area contributed by atoms with Gasteiger partial charge in [0.15, 0.2) is 11.5 Å². The quantitative estimate of drug-likeness (QED) is 0.169. The van der Waals surface area contributed by atoms with Crippen LogP contribution in [0.1, 0.15) is 39.9 Å². The lowest BCUT2D eigenvalue weighted by Gasteiger charge is -2.27. The van der Waals surface area contributed by atoms with Gasteiger partial charge >= 0.3 is 5.97 Å². The van der Waals surface area contributed by atoms with Crippen molar-refractivity contribution in [1.29, 1.82) is 5.26 Å². The number of allylic oxidation sites excluding steroid dienone is 1. The molecule has 1 aliphatic rings. The Morgan fingerprint density at radius 1 is 0.976 bits per heavy atom. The van der Waals surface area contributed by atoms with Gasteiger partial charge in [0.1, 0.15) is 29.7 Å². The fourth-order valence-electron chi connectivity index (χ4n) is 4.46. The van der Waals surface area contributed by atoms with E-state index in [1.54, 1.807) is 60.7 Å². The minimum Gasteiger partial charge on any atom is -0.490 e. The molecule has 0 fully saturated rings. The van der Waals surface area contributed by atoms with E-state index in [9.17, 15) is 10.1 Å². The van der Waals surface area contributed by atoms with Crippen LogP contribution in [-0.2, 0) is 6.61 Å². The Morgan fingerprint density at radius 2 is 1.76 bits per heavy atom. The number of carbonyl (C=O) groups excluding carboxylic acids is 1. The minimum absolute atomic E-state index is 0.0411. The number of hydrogen-bond acceptors (Lipinski definition) is 7. The largest absolute Gasteiger partial charge is 0.490 e. The number of hydrogen-bond donors (Lipinski definition) is 1. The van der Waals surface area contributed by atoms with E-state index in [0.29, 0.717) is 41.0 Å². The van der Waals surface area contributed by atoms with E-state index in [0.717, 1.165) is 11.1 Å². The van der Waals surface area contributed by atoms with E-state index in [-0.39, 0.29) is 27.8 Å². The van der Waals surface area contributed by atoms with Crippen LogP contribution in [0.5, 0.6) is 23.0 Å². The molecule has 1 unspecified atom stereocenters. The maximum Gasteiger partial charge on any atom is 0.345 e. The van der Waals surface area contributed by atoms with Crippen LogP contribution in [0, 0.1) is 11.3 Å². The molecule has 1 atom stereocenters. The van der Waals surface area contributed by atoms with Gasteiger partial charge in [-0.15, -0.1) is 0 Å². The predicted molar refractivity (Wildman–Crippen MR) is 156 cm³/mol. The zero-order chi connectivity index (χ0) is 28.9. The Labute approximate surface area is 247 Å². The number of halogens is 2. The summed E-state index contributed by atoms with van der Waals surface area (Å²) in [5.74, 6) is 0.462. The average Bonchev–Trinajstić information content (AvgIpc) is 2.97. The average molecular weight is 587 g/mol. The third-order valence-corrected chi connectivity index (χ3v) is 6.98. The van der Waals surface area contributed by atoms with Gasteiger partial charge in [-0.05, 0) is 60.5 Å². The van der Waals surface area contributed by atoms with Crippen LogP contribution < -0.4 is 24.7 Å². The van der Waals surface area contributed by atoms with Gasteiger partial charge < -0.3 is 24.7 Å². The molecule has 0 radical (unpaired) electrons. The number of nitriles is 1. The van der Waals surface area contributed by atoms with Gasteiger partial charge in [0, 0.05) is 16.7 Å². The van der Waals surface area contributed by atoms with E-state index in [2.05, 4.69) is 6.07 Å². The summed E-state index contributed by atoms with van der Waals surface area (Å²) in [4.78, 5) is 12.7. The lowest BCUT2D eigenvalue weighted by molar-refractivity contribution is 0.0734. The second-order valence-corrected chi connectivity index (χ2v) is 9.89. The third kappa shape index (κ3) is 6.09. The van der Waals surface area contributed by atoms with Gasteiger partial charge in [-0.3, -0.25) is 0 Å². The van der Waals surface area contributed by atoms with E-state index in [1.165, 1.54) is 0 Å². The highest BCUT2D eigenvalue weighted by molar-refractivity contribution is 6.33. The molecule has 9 heteroatoms. The number of rotatable bonds is 8. The van der Waals surface area contributed by atoms with Gasteiger partial charge in [-0.2, -0.15) is 5.26 Å². The van der Waals surface area contributed by atoms with Crippen molar-refractivity contribution in [3.63, 3.8) is 0 Å². The lowest BCUT2D eigenvalue weighted by atomic mass is 9.83. The molecular formula is C32H24Cl2N2O5. The number of ether oxygens (including phenoxy) is 4. The van der Waals surface area contributed by atoms with E-state index in [1.807, 2.05) is 31.2 Å². The maximum atomic E-state index is 12.7. The molecular weight excluding hydrogens is 563 g/mol. The van der Waals surface area contributed by atoms with Crippen molar-refractivity contribution < 1.29 is 23.7 Å². The topological polar surface area (TPSA) is 104 Å². The summed E-state index contributed by atoms with van der Waals surface area (Å²) in [6.45, 7) is 2.61. The highest BCUT2D eigenvalue weighted by Crippen LogP contribution is 2.45. The van der Waals surface area contributed by atoms with Gasteiger partial charge in [0.25, 0.3) is 0 Å². The van der Waals surface area contributed by atoms with Crippen LogP contribution in [0.25, 0.3) is 0 Å². The van der Waals surface area contributed by atoms with Crippen molar-refractivity contribution in [2.24, 2.45) is 5.73 Å². The number of carbonyl (C=O) groups is 1. The van der Waals surface area contributed by atoms with Crippen LogP contribution in [0.15, 0.2) is 96.4 Å². The summed E-state index contributed by atoms with van der Waals surface area (Å²) >= 11 is 12.1. The van der Waals surface area contributed by atoms with Crippen molar-refractivity contribution in [3.8, 4) is 29.1 Å². The Bertz CT molecular complexity index is 1680. The van der Waals surface area contributed by atoms with Crippen molar-refractivity contribution >= 4 is 29.2 Å². The van der Waals surface area contributed by atoms with Crippen LogP contribution >= 0.6 is 23.2 Å². The minimum atomic E-state index is -0.611. The van der Waals surface area contributed by atoms with Crippen LogP contribution in [0.4, 0.5) is 0 Å². The highest BCUT2D eigenvalue weighted by Gasteiger charge is 2.32. The zero-order valence-electron chi connectivity index (χ0n) is 21.9. The molecule has 0 amide bonds. The molecule has 2 N–H and O–H groups in total. The standard InChI is InChI=1S/C32H24Cl2N2O5/c1-2-38-29-15-20(9-14-27(29)39-18-19-7-10-21(33)11-8-19)30-24-13-12-22(16-28(24)41-31(36)25(30)17-35)40-32(37)23-5-3-4-6-26(23)34/h3-16,30H,2,18,36H2,1H3. The number of nitrogens with two attached hydrogens (primary N) is 1. The first kappa shape index (κ1) is 27.9. The van der Waals surface area contributed by atoms with E-state index < -0.39 is 11.9 Å². The molecule has 206 valence electrons. The Balaban J connectivity index is 1.45. The highest BCUT2D eigenvalue weighted by atomic mass is 35.5. The Hall–Kier alpha value is -4.64. The number of esters is 1. The van der Waals surface area contributed by atoms with Crippen molar-refractivity contribution in [1.82, 2.24) is 0 Å². The molecule has 0 spiro atoms. The number of benzene rings is 4. The Morgan fingerprint density at radius 3 is 2.49 bits per heavy atom. The van der Waals surface area contributed by atoms with E-state index >= 15 is 0 Å². The van der Waals surface area contributed by atoms with E-state index in [4.69, 9.17) is 47.9 Å². The molecule has 0 saturated carbocycles. The fraction of sp³-hybridized carbons (Fsp3) is 0.125.